The minimum absolute atomic E-state index is 0.145. The number of aliphatic hydroxyl groups is 1. The van der Waals surface area contributed by atoms with Crippen molar-refractivity contribution in [2.45, 2.75) is 97.5 Å². The Morgan fingerprint density at radius 1 is 0.796 bits per heavy atom. The zero-order valence-corrected chi connectivity index (χ0v) is 30.6. The minimum Gasteiger partial charge on any atom is -0.493 e. The molecule has 1 N–H and O–H groups in total. The number of rotatable bonds is 21. The van der Waals surface area contributed by atoms with Gasteiger partial charge in [0.2, 0.25) is 0 Å². The molecule has 3 heterocycles. The summed E-state index contributed by atoms with van der Waals surface area (Å²) >= 11 is 1.84. The normalized spacial score (nSPS) is 11.9. The van der Waals surface area contributed by atoms with Crippen LogP contribution in [0.15, 0.2) is 54.6 Å². The lowest BCUT2D eigenvalue weighted by molar-refractivity contribution is 0.280. The van der Waals surface area contributed by atoms with Crippen molar-refractivity contribution in [3.8, 4) is 34.1 Å². The van der Waals surface area contributed by atoms with Crippen molar-refractivity contribution in [3.05, 3.63) is 70.3 Å². The summed E-state index contributed by atoms with van der Waals surface area (Å²) in [6.07, 6.45) is 17.8. The fraction of sp³-hybridized carbons (Fsp3) is 0.475. The van der Waals surface area contributed by atoms with Gasteiger partial charge in [0.05, 0.1) is 36.6 Å². The predicted octanol–water partition coefficient (Wildman–Crippen LogP) is 9.10. The number of hydrogen-bond donors (Lipinski definition) is 1. The van der Waals surface area contributed by atoms with E-state index in [0.29, 0.717) is 34.1 Å². The molecule has 0 fully saturated rings. The second-order valence-corrected chi connectivity index (χ2v) is 13.9. The van der Waals surface area contributed by atoms with Crippen LogP contribution in [0.2, 0.25) is 0 Å². The summed E-state index contributed by atoms with van der Waals surface area (Å²) in [5.74, 6) is 1.55. The Morgan fingerprint density at radius 2 is 1.47 bits per heavy atom. The highest BCUT2D eigenvalue weighted by atomic mass is 32.1. The van der Waals surface area contributed by atoms with E-state index in [9.17, 15) is 5.11 Å². The predicted molar refractivity (Wildman–Crippen MR) is 203 cm³/mol. The maximum atomic E-state index is 9.98. The van der Waals surface area contributed by atoms with E-state index in [-0.39, 0.29) is 6.61 Å². The van der Waals surface area contributed by atoms with Gasteiger partial charge in [-0.25, -0.2) is 0 Å². The molecule has 9 heteroatoms. The lowest BCUT2D eigenvalue weighted by atomic mass is 10.1. The lowest BCUT2D eigenvalue weighted by Gasteiger charge is -2.23. The van der Waals surface area contributed by atoms with Crippen LogP contribution in [0.3, 0.4) is 0 Å². The molecule has 0 amide bonds. The first-order valence-corrected chi connectivity index (χ1v) is 19.0. The molecular formula is C40H53N5O3S. The topological polar surface area (TPSA) is 85.0 Å². The van der Waals surface area contributed by atoms with Crippen LogP contribution in [0, 0.1) is 0 Å². The van der Waals surface area contributed by atoms with Crippen molar-refractivity contribution in [2.24, 2.45) is 0 Å². The molecule has 0 radical (unpaired) electrons. The first kappa shape index (κ1) is 36.3. The number of unbranched alkanes of at least 4 members (excludes halogenated alkanes) is 10. The number of aliphatic hydroxyl groups excluding tert-OH is 1. The molecule has 0 aliphatic rings. The molecule has 5 rings (SSSR count). The van der Waals surface area contributed by atoms with Gasteiger partial charge in [-0.2, -0.15) is 9.61 Å². The summed E-state index contributed by atoms with van der Waals surface area (Å²) in [5, 5.41) is 26.5. The van der Waals surface area contributed by atoms with E-state index in [1.54, 1.807) is 24.8 Å². The summed E-state index contributed by atoms with van der Waals surface area (Å²) in [6.45, 7) is 6.61. The van der Waals surface area contributed by atoms with Gasteiger partial charge < -0.3 is 19.5 Å². The standard InChI is InChI=1S/C40H53N5O3S/c1-5-7-9-11-13-18-24-44(25-19-14-12-10-8-6-2)36-23-22-32(49-36)28-33-37(31-20-16-15-17-21-31)43-45-39(33)41-42-40(45)34-26-30(29-46)27-35(47-3)38(34)48-4/h15-17,20-23,26-28,46H,5-14,18-19,24-25,29H2,1-4H3/b33-28-. The van der Waals surface area contributed by atoms with Crippen LogP contribution in [-0.2, 0) is 6.61 Å². The lowest BCUT2D eigenvalue weighted by Crippen LogP contribution is -2.24. The first-order valence-electron chi connectivity index (χ1n) is 18.1. The highest BCUT2D eigenvalue weighted by Crippen LogP contribution is 2.39. The van der Waals surface area contributed by atoms with E-state index in [2.05, 4.69) is 59.3 Å². The molecule has 0 saturated heterocycles. The fourth-order valence-corrected chi connectivity index (χ4v) is 7.42. The minimum atomic E-state index is -0.145. The van der Waals surface area contributed by atoms with Crippen LogP contribution < -0.4 is 19.6 Å². The molecule has 0 bridgehead atoms. The third-order valence-electron chi connectivity index (χ3n) is 9.12. The Hall–Kier alpha value is -3.95. The number of thiophene rings is 1. The van der Waals surface area contributed by atoms with Crippen molar-refractivity contribution in [1.82, 2.24) is 19.8 Å². The van der Waals surface area contributed by atoms with Crippen LogP contribution in [0.25, 0.3) is 34.4 Å². The third-order valence-corrected chi connectivity index (χ3v) is 10.2. The summed E-state index contributed by atoms with van der Waals surface area (Å²) in [4.78, 5) is 3.77. The first-order chi connectivity index (χ1) is 24.1. The Kier molecular flexibility index (Phi) is 13.9. The Balaban J connectivity index is 1.50. The number of methoxy groups -OCH3 is 2. The van der Waals surface area contributed by atoms with Crippen molar-refractivity contribution in [2.75, 3.05) is 32.2 Å². The van der Waals surface area contributed by atoms with Gasteiger partial charge in [-0.15, -0.1) is 21.5 Å². The SMILES string of the molecule is CCCCCCCCN(CCCCCCCC)c1ccc(/C=c2/c(-c3ccccc3)nn3c(-c4cc(CO)cc(OC)c4OC)nnc23)s1. The van der Waals surface area contributed by atoms with E-state index in [0.717, 1.165) is 34.4 Å². The second kappa shape index (κ2) is 18.7. The fourth-order valence-electron chi connectivity index (χ4n) is 6.42. The smallest absolute Gasteiger partial charge is 0.189 e. The maximum absolute atomic E-state index is 9.98. The van der Waals surface area contributed by atoms with Crippen molar-refractivity contribution in [3.63, 3.8) is 0 Å². The van der Waals surface area contributed by atoms with E-state index in [1.807, 2.05) is 35.6 Å². The molecule has 0 spiro atoms. The number of ether oxygens (including phenoxy) is 2. The molecule has 5 aromatic rings. The van der Waals surface area contributed by atoms with Gasteiger partial charge in [-0.1, -0.05) is 108 Å². The monoisotopic (exact) mass is 683 g/mol. The molecule has 0 aliphatic heterocycles. The number of aromatic nitrogens is 4. The second-order valence-electron chi connectivity index (χ2n) is 12.8. The highest BCUT2D eigenvalue weighted by molar-refractivity contribution is 7.16. The zero-order chi connectivity index (χ0) is 34.4. The van der Waals surface area contributed by atoms with Crippen molar-refractivity contribution < 1.29 is 14.6 Å². The Bertz CT molecular complexity index is 1770. The van der Waals surface area contributed by atoms with E-state index < -0.39 is 0 Å². The molecule has 49 heavy (non-hydrogen) atoms. The summed E-state index contributed by atoms with van der Waals surface area (Å²) < 4.78 is 13.1. The summed E-state index contributed by atoms with van der Waals surface area (Å²) in [7, 11) is 3.18. The molecular weight excluding hydrogens is 631 g/mol. The van der Waals surface area contributed by atoms with Crippen molar-refractivity contribution in [1.29, 1.82) is 0 Å². The van der Waals surface area contributed by atoms with Gasteiger partial charge in [0.15, 0.2) is 23.0 Å². The maximum Gasteiger partial charge on any atom is 0.189 e. The van der Waals surface area contributed by atoms with Crippen LogP contribution >= 0.6 is 11.3 Å². The number of nitrogens with zero attached hydrogens (tertiary/aromatic N) is 5. The van der Waals surface area contributed by atoms with Gasteiger partial charge in [-0.05, 0) is 48.7 Å². The molecule has 0 unspecified atom stereocenters. The van der Waals surface area contributed by atoms with Crippen LogP contribution in [0.1, 0.15) is 101 Å². The number of anilines is 1. The molecule has 0 atom stereocenters. The summed E-state index contributed by atoms with van der Waals surface area (Å²) in [5.41, 5.74) is 3.84. The molecule has 3 aromatic heterocycles. The largest absolute Gasteiger partial charge is 0.493 e. The molecule has 0 aliphatic carbocycles. The molecule has 8 nitrogen and oxygen atoms in total. The number of fused-ring (bicyclic) bond motifs is 1. The average Bonchev–Trinajstić information content (AvgIpc) is 3.87. The Morgan fingerprint density at radius 3 is 2.10 bits per heavy atom. The average molecular weight is 684 g/mol. The van der Waals surface area contributed by atoms with Crippen molar-refractivity contribution >= 4 is 28.1 Å². The van der Waals surface area contributed by atoms with E-state index >= 15 is 0 Å². The van der Waals surface area contributed by atoms with Gasteiger partial charge in [-0.3, -0.25) is 0 Å². The molecule has 262 valence electrons. The van der Waals surface area contributed by atoms with Crippen LogP contribution in [0.5, 0.6) is 11.5 Å². The van der Waals surface area contributed by atoms with Gasteiger partial charge in [0, 0.05) is 23.5 Å². The highest BCUT2D eigenvalue weighted by Gasteiger charge is 2.22. The third kappa shape index (κ3) is 9.19. The number of hydrogen-bond acceptors (Lipinski definition) is 8. The molecule has 0 saturated carbocycles. The Labute approximate surface area is 295 Å². The zero-order valence-electron chi connectivity index (χ0n) is 29.8. The van der Waals surface area contributed by atoms with Crippen LogP contribution in [-0.4, -0.2) is 52.2 Å². The van der Waals surface area contributed by atoms with Crippen LogP contribution in [0.4, 0.5) is 5.00 Å². The van der Waals surface area contributed by atoms with E-state index in [4.69, 9.17) is 14.6 Å². The van der Waals surface area contributed by atoms with E-state index in [1.165, 1.54) is 82.1 Å². The van der Waals surface area contributed by atoms with Gasteiger partial charge in [0.25, 0.3) is 0 Å². The van der Waals surface area contributed by atoms with Gasteiger partial charge in [0.1, 0.15) is 5.69 Å². The number of benzene rings is 2. The summed E-state index contributed by atoms with van der Waals surface area (Å²) in [6, 6.07) is 18.3. The molecule has 2 aromatic carbocycles. The quantitative estimate of drug-likeness (QED) is 0.0773. The van der Waals surface area contributed by atoms with Gasteiger partial charge >= 0.3 is 0 Å².